The van der Waals surface area contributed by atoms with E-state index >= 15 is 0 Å². The van der Waals surface area contributed by atoms with Crippen LogP contribution in [0.1, 0.15) is 10.6 Å². The van der Waals surface area contributed by atoms with Crippen LogP contribution in [0.2, 0.25) is 0 Å². The summed E-state index contributed by atoms with van der Waals surface area (Å²) < 4.78 is 7.54. The van der Waals surface area contributed by atoms with Gasteiger partial charge in [-0.1, -0.05) is 28.1 Å². The summed E-state index contributed by atoms with van der Waals surface area (Å²) in [5.74, 6) is 0.336. The van der Waals surface area contributed by atoms with E-state index in [1.165, 1.54) is 0 Å². The van der Waals surface area contributed by atoms with Crippen LogP contribution in [0.25, 0.3) is 11.3 Å². The van der Waals surface area contributed by atoms with Crippen molar-refractivity contribution in [3.63, 3.8) is 0 Å². The lowest BCUT2D eigenvalue weighted by atomic mass is 10.2. The number of halogens is 3. The van der Waals surface area contributed by atoms with Gasteiger partial charge in [-0.25, -0.2) is 0 Å². The van der Waals surface area contributed by atoms with Crippen LogP contribution in [-0.4, -0.2) is 16.1 Å². The number of anilines is 1. The average molecular weight is 575 g/mol. The molecule has 1 aromatic heterocycles. The molecule has 0 unspecified atom stereocenters. The number of nitrogens with one attached hydrogen (secondary N) is 2. The first-order chi connectivity index (χ1) is 12.8. The van der Waals surface area contributed by atoms with Gasteiger partial charge >= 0.3 is 0 Å². The van der Waals surface area contributed by atoms with E-state index in [4.69, 9.17) is 16.6 Å². The van der Waals surface area contributed by atoms with Gasteiger partial charge in [0, 0.05) is 15.7 Å². The Morgan fingerprint density at radius 1 is 1.00 bits per heavy atom. The third-order valence-corrected chi connectivity index (χ3v) is 5.40. The van der Waals surface area contributed by atoms with Crippen molar-refractivity contribution < 1.29 is 14.3 Å². The molecule has 5 nitrogen and oxygen atoms in total. The average Bonchev–Trinajstić information content (AvgIpc) is 3.10. The van der Waals surface area contributed by atoms with Crippen LogP contribution in [0, 0.1) is 0 Å². The summed E-state index contributed by atoms with van der Waals surface area (Å²) in [6.07, 6.45) is 0. The molecule has 1 amide bonds. The fraction of sp³-hybridized carbons (Fsp3) is 0. The Bertz CT molecular complexity index is 996. The first-order valence-electron chi connectivity index (χ1n) is 7.49. The van der Waals surface area contributed by atoms with E-state index < -0.39 is 5.91 Å². The third kappa shape index (κ3) is 4.98. The van der Waals surface area contributed by atoms with Crippen LogP contribution in [0.3, 0.4) is 0 Å². The summed E-state index contributed by atoms with van der Waals surface area (Å²) in [4.78, 5) is 12.3. The Kier molecular flexibility index (Phi) is 6.36. The fourth-order valence-corrected chi connectivity index (χ4v) is 3.86. The van der Waals surface area contributed by atoms with Gasteiger partial charge < -0.3 is 14.8 Å². The lowest BCUT2D eigenvalue weighted by Gasteiger charge is -2.10. The molecule has 0 spiro atoms. The van der Waals surface area contributed by atoms with Crippen molar-refractivity contribution in [2.45, 2.75) is 0 Å². The Labute approximate surface area is 185 Å². The van der Waals surface area contributed by atoms with Crippen molar-refractivity contribution >= 4 is 76.7 Å². The quantitative estimate of drug-likeness (QED) is 0.262. The lowest BCUT2D eigenvalue weighted by molar-refractivity contribution is 0.0951. The zero-order valence-corrected chi connectivity index (χ0v) is 19.0. The number of carbonyl (C=O) groups is 1. The van der Waals surface area contributed by atoms with E-state index in [9.17, 15) is 9.90 Å². The van der Waals surface area contributed by atoms with E-state index in [0.29, 0.717) is 20.4 Å². The molecule has 3 rings (SSSR count). The van der Waals surface area contributed by atoms with E-state index in [1.54, 1.807) is 24.3 Å². The number of phenolic OH excluding ortho intramolecular Hbond substituents is 1. The molecule has 138 valence electrons. The van der Waals surface area contributed by atoms with Gasteiger partial charge in [-0.2, -0.15) is 0 Å². The Hall–Kier alpha value is -1.68. The van der Waals surface area contributed by atoms with Crippen molar-refractivity contribution in [1.29, 1.82) is 0 Å². The van der Waals surface area contributed by atoms with Crippen LogP contribution in [0.5, 0.6) is 5.75 Å². The minimum absolute atomic E-state index is 0.0755. The number of rotatable bonds is 3. The zero-order chi connectivity index (χ0) is 19.6. The molecule has 0 saturated heterocycles. The summed E-state index contributed by atoms with van der Waals surface area (Å²) in [5, 5.41) is 15.3. The molecule has 0 bridgehead atoms. The smallest absolute Gasteiger partial charge is 0.293 e. The normalized spacial score (nSPS) is 10.5. The largest absolute Gasteiger partial charge is 0.506 e. The molecule has 0 aliphatic heterocycles. The molecule has 2 aromatic carbocycles. The summed E-state index contributed by atoms with van der Waals surface area (Å²) >= 11 is 15.0. The Morgan fingerprint density at radius 2 is 1.63 bits per heavy atom. The first-order valence-corrected chi connectivity index (χ1v) is 10.3. The van der Waals surface area contributed by atoms with E-state index in [0.717, 1.165) is 10.0 Å². The molecular weight excluding hydrogens is 564 g/mol. The highest BCUT2D eigenvalue weighted by Crippen LogP contribution is 2.35. The molecule has 0 atom stereocenters. The minimum Gasteiger partial charge on any atom is -0.506 e. The number of phenols is 1. The number of hydrogen-bond acceptors (Lipinski definition) is 4. The van der Waals surface area contributed by atoms with Gasteiger partial charge in [0.15, 0.2) is 10.9 Å². The SMILES string of the molecule is O=C(NC(=S)Nc1cc(Br)c(O)c(Br)c1)c1ccc(-c2ccc(Br)cc2)o1. The van der Waals surface area contributed by atoms with Gasteiger partial charge in [0.05, 0.1) is 8.95 Å². The monoisotopic (exact) mass is 572 g/mol. The second kappa shape index (κ2) is 8.55. The minimum atomic E-state index is -0.465. The van der Waals surface area contributed by atoms with Gasteiger partial charge in [0.2, 0.25) is 0 Å². The molecular formula is C18H11Br3N2O3S. The number of amides is 1. The van der Waals surface area contributed by atoms with Crippen LogP contribution in [0.15, 0.2) is 66.4 Å². The molecule has 3 aromatic rings. The number of aromatic hydroxyl groups is 1. The summed E-state index contributed by atoms with van der Waals surface area (Å²) in [7, 11) is 0. The molecule has 27 heavy (non-hydrogen) atoms. The number of thiocarbonyl (C=S) groups is 1. The number of benzene rings is 2. The van der Waals surface area contributed by atoms with Crippen LogP contribution in [-0.2, 0) is 0 Å². The molecule has 9 heteroatoms. The van der Waals surface area contributed by atoms with Gasteiger partial charge in [0.25, 0.3) is 5.91 Å². The first kappa shape index (κ1) is 20.1. The third-order valence-electron chi connectivity index (χ3n) is 3.46. The molecule has 0 saturated carbocycles. The predicted molar refractivity (Wildman–Crippen MR) is 119 cm³/mol. The molecule has 0 radical (unpaired) electrons. The van der Waals surface area contributed by atoms with Gasteiger partial charge in [-0.15, -0.1) is 0 Å². The fourth-order valence-electron chi connectivity index (χ4n) is 2.19. The van der Waals surface area contributed by atoms with Crippen LogP contribution in [0.4, 0.5) is 5.69 Å². The van der Waals surface area contributed by atoms with Gasteiger partial charge in [-0.3, -0.25) is 10.1 Å². The predicted octanol–water partition coefficient (Wildman–Crippen LogP) is 6.07. The van der Waals surface area contributed by atoms with Crippen molar-refractivity contribution in [2.24, 2.45) is 0 Å². The van der Waals surface area contributed by atoms with Crippen molar-refractivity contribution in [3.05, 3.63) is 67.7 Å². The van der Waals surface area contributed by atoms with Gasteiger partial charge in [-0.05, 0) is 80.5 Å². The highest BCUT2D eigenvalue weighted by Gasteiger charge is 2.14. The summed E-state index contributed by atoms with van der Waals surface area (Å²) in [6, 6.07) is 14.1. The Balaban J connectivity index is 1.67. The van der Waals surface area contributed by atoms with Crippen LogP contribution < -0.4 is 10.6 Å². The summed E-state index contributed by atoms with van der Waals surface area (Å²) in [5.41, 5.74) is 1.45. The van der Waals surface area contributed by atoms with E-state index in [-0.39, 0.29) is 16.6 Å². The second-order valence-corrected chi connectivity index (χ2v) is 8.40. The van der Waals surface area contributed by atoms with Crippen molar-refractivity contribution in [2.75, 3.05) is 5.32 Å². The zero-order valence-electron chi connectivity index (χ0n) is 13.4. The van der Waals surface area contributed by atoms with Gasteiger partial charge in [0.1, 0.15) is 11.5 Å². The molecule has 1 heterocycles. The maximum absolute atomic E-state index is 12.3. The molecule has 3 N–H and O–H groups in total. The number of carbonyl (C=O) groups excluding carboxylic acids is 1. The molecule has 0 fully saturated rings. The highest BCUT2D eigenvalue weighted by molar-refractivity contribution is 9.11. The van der Waals surface area contributed by atoms with E-state index in [1.807, 2.05) is 24.3 Å². The highest BCUT2D eigenvalue weighted by atomic mass is 79.9. The van der Waals surface area contributed by atoms with Crippen molar-refractivity contribution in [3.8, 4) is 17.1 Å². The number of furan rings is 1. The Morgan fingerprint density at radius 3 is 2.26 bits per heavy atom. The van der Waals surface area contributed by atoms with E-state index in [2.05, 4.69) is 58.4 Å². The topological polar surface area (TPSA) is 74.5 Å². The molecule has 0 aliphatic rings. The van der Waals surface area contributed by atoms with Crippen molar-refractivity contribution in [1.82, 2.24) is 5.32 Å². The number of hydrogen-bond donors (Lipinski definition) is 3. The second-order valence-electron chi connectivity index (χ2n) is 5.37. The standard InChI is InChI=1S/C18H11Br3N2O3S/c19-10-3-1-9(2-4-10)14-5-6-15(26-14)17(25)23-18(27)22-11-7-12(20)16(24)13(21)8-11/h1-8,24H,(H2,22,23,25,27). The molecule has 0 aliphatic carbocycles. The maximum Gasteiger partial charge on any atom is 0.293 e. The summed E-state index contributed by atoms with van der Waals surface area (Å²) in [6.45, 7) is 0. The maximum atomic E-state index is 12.3. The lowest BCUT2D eigenvalue weighted by Crippen LogP contribution is -2.33. The van der Waals surface area contributed by atoms with Crippen LogP contribution >= 0.6 is 60.0 Å².